The van der Waals surface area contributed by atoms with Crippen LogP contribution >= 0.6 is 0 Å². The number of aryl methyl sites for hydroxylation is 2. The van der Waals surface area contributed by atoms with Gasteiger partial charge in [0, 0.05) is 7.79 Å². The second kappa shape index (κ2) is 8.43. The topological polar surface area (TPSA) is 83.5 Å². The van der Waals surface area contributed by atoms with Gasteiger partial charge in [0.15, 0.2) is 0 Å². The minimum absolute atomic E-state index is 0.0586. The van der Waals surface area contributed by atoms with Gasteiger partial charge in [-0.3, -0.25) is 4.79 Å². The van der Waals surface area contributed by atoms with Crippen molar-refractivity contribution in [3.05, 3.63) is 59.2 Å². The standard InChI is InChI=1S/C21H23NO4/c1-13-5-4-6-14(2)19(13)17-9-7-16(8-10-17)11-18(21(25)26)22-20(24)15(3)12-23/h4-10,12,15,18H,11H2,1-3H3,(H,22,24)(H,25,26)/t15?,18-/m0/s1/i15D. The molecule has 0 aliphatic rings. The maximum absolute atomic E-state index is 11.9. The first kappa shape index (κ1) is 17.9. The molecule has 5 nitrogen and oxygen atoms in total. The first-order chi connectivity index (χ1) is 12.7. The normalized spacial score (nSPS) is 14.7. The lowest BCUT2D eigenvalue weighted by Gasteiger charge is -2.16. The zero-order valence-electron chi connectivity index (χ0n) is 16.1. The van der Waals surface area contributed by atoms with E-state index >= 15 is 0 Å². The van der Waals surface area contributed by atoms with Crippen LogP contribution in [0.1, 0.15) is 25.0 Å². The van der Waals surface area contributed by atoms with Gasteiger partial charge < -0.3 is 15.2 Å². The third-order valence-electron chi connectivity index (χ3n) is 4.30. The van der Waals surface area contributed by atoms with E-state index in [0.29, 0.717) is 0 Å². The number of nitrogens with one attached hydrogen (secondary N) is 1. The van der Waals surface area contributed by atoms with Crippen LogP contribution in [0, 0.1) is 19.7 Å². The minimum atomic E-state index is -2.01. The predicted octanol–water partition coefficient (Wildman–Crippen LogP) is 2.92. The first-order valence-corrected chi connectivity index (χ1v) is 8.31. The molecule has 5 heteroatoms. The Morgan fingerprint density at radius 3 is 2.23 bits per heavy atom. The number of aldehydes is 1. The van der Waals surface area contributed by atoms with Gasteiger partial charge in [-0.15, -0.1) is 0 Å². The molecule has 136 valence electrons. The van der Waals surface area contributed by atoms with Crippen LogP contribution in [-0.4, -0.2) is 29.3 Å². The molecule has 0 radical (unpaired) electrons. The highest BCUT2D eigenvalue weighted by molar-refractivity contribution is 5.93. The van der Waals surface area contributed by atoms with Crippen LogP contribution < -0.4 is 5.32 Å². The van der Waals surface area contributed by atoms with E-state index in [-0.39, 0.29) is 12.7 Å². The quantitative estimate of drug-likeness (QED) is 0.591. The molecule has 0 aromatic heterocycles. The van der Waals surface area contributed by atoms with Crippen molar-refractivity contribution in [1.82, 2.24) is 5.32 Å². The molecule has 2 rings (SSSR count). The summed E-state index contributed by atoms with van der Waals surface area (Å²) in [6.07, 6.45) is 0.240. The smallest absolute Gasteiger partial charge is 0.326 e. The molecular weight excluding hydrogens is 330 g/mol. The summed E-state index contributed by atoms with van der Waals surface area (Å²) in [6, 6.07) is 12.4. The average Bonchev–Trinajstić information content (AvgIpc) is 2.62. The fraction of sp³-hybridized carbons (Fsp3) is 0.286. The van der Waals surface area contributed by atoms with Gasteiger partial charge >= 0.3 is 5.97 Å². The summed E-state index contributed by atoms with van der Waals surface area (Å²) in [5.74, 6) is -4.17. The van der Waals surface area contributed by atoms with Crippen molar-refractivity contribution in [3.63, 3.8) is 0 Å². The van der Waals surface area contributed by atoms with Crippen LogP contribution in [0.3, 0.4) is 0 Å². The molecule has 2 atom stereocenters. The van der Waals surface area contributed by atoms with E-state index in [4.69, 9.17) is 1.37 Å². The van der Waals surface area contributed by atoms with Gasteiger partial charge in [-0.05, 0) is 48.6 Å². The Balaban J connectivity index is 2.19. The summed E-state index contributed by atoms with van der Waals surface area (Å²) in [6.45, 7) is 5.20. The molecule has 0 bridgehead atoms. The lowest BCUT2D eigenvalue weighted by Crippen LogP contribution is -2.44. The fourth-order valence-electron chi connectivity index (χ4n) is 2.84. The molecule has 0 aliphatic heterocycles. The molecule has 0 heterocycles. The van der Waals surface area contributed by atoms with E-state index < -0.39 is 23.8 Å². The number of carbonyl (C=O) groups is 3. The second-order valence-corrected chi connectivity index (χ2v) is 6.33. The molecule has 2 aromatic carbocycles. The highest BCUT2D eigenvalue weighted by Gasteiger charge is 2.23. The van der Waals surface area contributed by atoms with Gasteiger partial charge in [0.05, 0.1) is 5.89 Å². The van der Waals surface area contributed by atoms with Crippen LogP contribution in [0.25, 0.3) is 11.1 Å². The van der Waals surface area contributed by atoms with Crippen molar-refractivity contribution in [2.45, 2.75) is 33.2 Å². The van der Waals surface area contributed by atoms with Crippen molar-refractivity contribution >= 4 is 18.2 Å². The van der Waals surface area contributed by atoms with Crippen molar-refractivity contribution in [1.29, 1.82) is 0 Å². The molecule has 0 fully saturated rings. The Kier molecular flexibility index (Phi) is 5.79. The predicted molar refractivity (Wildman–Crippen MR) is 99.9 cm³/mol. The van der Waals surface area contributed by atoms with Crippen molar-refractivity contribution in [2.24, 2.45) is 5.89 Å². The number of hydrogen-bond donors (Lipinski definition) is 2. The van der Waals surface area contributed by atoms with E-state index in [9.17, 15) is 19.5 Å². The molecular formula is C21H23NO4. The van der Waals surface area contributed by atoms with Gasteiger partial charge in [0.1, 0.15) is 12.3 Å². The SMILES string of the molecule is [2H]C(C)(C=O)C(=O)N[C@@H](Cc1ccc(-c2c(C)cccc2C)cc1)C(=O)O. The van der Waals surface area contributed by atoms with Crippen molar-refractivity contribution < 1.29 is 20.9 Å². The molecule has 0 aliphatic carbocycles. The first-order valence-electron chi connectivity index (χ1n) is 8.81. The maximum Gasteiger partial charge on any atom is 0.326 e. The maximum atomic E-state index is 11.9. The largest absolute Gasteiger partial charge is 0.480 e. The van der Waals surface area contributed by atoms with Gasteiger partial charge in [-0.25, -0.2) is 4.79 Å². The fourth-order valence-corrected chi connectivity index (χ4v) is 2.84. The second-order valence-electron chi connectivity index (χ2n) is 6.33. The summed E-state index contributed by atoms with van der Waals surface area (Å²) in [7, 11) is 0. The summed E-state index contributed by atoms with van der Waals surface area (Å²) >= 11 is 0. The number of aliphatic carboxylic acids is 1. The van der Waals surface area contributed by atoms with Crippen LogP contribution in [-0.2, 0) is 20.8 Å². The zero-order valence-corrected chi connectivity index (χ0v) is 15.1. The number of carboxylic acids is 1. The summed E-state index contributed by atoms with van der Waals surface area (Å²) in [5.41, 5.74) is 5.22. The number of rotatable bonds is 7. The Hall–Kier alpha value is -2.95. The molecule has 0 spiro atoms. The van der Waals surface area contributed by atoms with E-state index in [0.717, 1.165) is 34.7 Å². The molecule has 2 N–H and O–H groups in total. The van der Waals surface area contributed by atoms with Crippen molar-refractivity contribution in [3.8, 4) is 11.1 Å². The Morgan fingerprint density at radius 1 is 1.15 bits per heavy atom. The summed E-state index contributed by atoms with van der Waals surface area (Å²) in [5, 5.41) is 11.6. The average molecular weight is 354 g/mol. The lowest BCUT2D eigenvalue weighted by atomic mass is 9.94. The third-order valence-corrected chi connectivity index (χ3v) is 4.30. The molecule has 0 saturated carbocycles. The highest BCUT2D eigenvalue weighted by atomic mass is 16.4. The summed E-state index contributed by atoms with van der Waals surface area (Å²) in [4.78, 5) is 34.2. The molecule has 1 unspecified atom stereocenters. The Bertz CT molecular complexity index is 839. The zero-order chi connectivity index (χ0) is 20.2. The van der Waals surface area contributed by atoms with Gasteiger partial charge in [0.2, 0.25) is 5.91 Å². The van der Waals surface area contributed by atoms with Gasteiger partial charge in [-0.1, -0.05) is 42.5 Å². The number of benzene rings is 2. The highest BCUT2D eigenvalue weighted by Crippen LogP contribution is 2.27. The van der Waals surface area contributed by atoms with Gasteiger partial charge in [-0.2, -0.15) is 0 Å². The van der Waals surface area contributed by atoms with Crippen LogP contribution in [0.2, 0.25) is 0 Å². The van der Waals surface area contributed by atoms with E-state index in [1.165, 1.54) is 0 Å². The molecule has 26 heavy (non-hydrogen) atoms. The molecule has 1 amide bonds. The van der Waals surface area contributed by atoms with Crippen molar-refractivity contribution in [2.75, 3.05) is 0 Å². The number of hydrogen-bond acceptors (Lipinski definition) is 3. The third kappa shape index (κ3) is 4.57. The number of carbonyl (C=O) groups excluding carboxylic acids is 2. The minimum Gasteiger partial charge on any atom is -0.480 e. The Morgan fingerprint density at radius 2 is 1.73 bits per heavy atom. The van der Waals surface area contributed by atoms with Crippen LogP contribution in [0.4, 0.5) is 0 Å². The van der Waals surface area contributed by atoms with Crippen LogP contribution in [0.15, 0.2) is 42.5 Å². The Labute approximate surface area is 154 Å². The molecule has 0 saturated heterocycles. The van der Waals surface area contributed by atoms with E-state index in [1.54, 1.807) is 0 Å². The monoisotopic (exact) mass is 354 g/mol. The summed E-state index contributed by atoms with van der Waals surface area (Å²) < 4.78 is 7.59. The molecule has 2 aromatic rings. The number of carboxylic acid groups (broad SMARTS) is 1. The van der Waals surface area contributed by atoms with E-state index in [2.05, 4.69) is 5.32 Å². The van der Waals surface area contributed by atoms with E-state index in [1.807, 2.05) is 56.3 Å². The van der Waals surface area contributed by atoms with Crippen LogP contribution in [0.5, 0.6) is 0 Å². The lowest BCUT2D eigenvalue weighted by molar-refractivity contribution is -0.142. The van der Waals surface area contributed by atoms with Gasteiger partial charge in [0.25, 0.3) is 0 Å². The number of amides is 1.